The Morgan fingerprint density at radius 2 is 1.92 bits per heavy atom. The number of carbonyl (C=O) groups excluding carboxylic acids is 1. The zero-order valence-corrected chi connectivity index (χ0v) is 14.2. The summed E-state index contributed by atoms with van der Waals surface area (Å²) in [5.41, 5.74) is 7.62. The molecule has 0 saturated heterocycles. The van der Waals surface area contributed by atoms with Crippen molar-refractivity contribution in [2.45, 2.75) is 18.8 Å². The molecule has 1 saturated carbocycles. The molecule has 0 bridgehead atoms. The van der Waals surface area contributed by atoms with E-state index >= 15 is 0 Å². The number of hydrogen-bond donors (Lipinski definition) is 3. The Bertz CT molecular complexity index is 956. The molecule has 1 heterocycles. The van der Waals surface area contributed by atoms with E-state index in [4.69, 9.17) is 11.1 Å². The largest absolute Gasteiger partial charge is 0.370 e. The van der Waals surface area contributed by atoms with E-state index in [1.54, 1.807) is 6.20 Å². The molecule has 2 aromatic carbocycles. The number of fused-ring (bicyclic) bond motifs is 1. The van der Waals surface area contributed by atoms with Crippen molar-refractivity contribution < 1.29 is 4.79 Å². The van der Waals surface area contributed by atoms with Crippen LogP contribution in [0.3, 0.4) is 0 Å². The molecule has 3 aromatic rings. The Kier molecular flexibility index (Phi) is 4.46. The number of nitrogens with two attached hydrogens (primary N) is 1. The van der Waals surface area contributed by atoms with E-state index in [1.165, 1.54) is 0 Å². The van der Waals surface area contributed by atoms with Crippen molar-refractivity contribution in [2.75, 3.05) is 0 Å². The maximum atomic E-state index is 12.3. The smallest absolute Gasteiger partial charge is 0.261 e. The van der Waals surface area contributed by atoms with Crippen LogP contribution in [0.1, 0.15) is 34.8 Å². The van der Waals surface area contributed by atoms with Crippen molar-refractivity contribution in [3.63, 3.8) is 0 Å². The topological polar surface area (TPSA) is 96.8 Å². The first-order chi connectivity index (χ1) is 11.6. The van der Waals surface area contributed by atoms with Crippen LogP contribution in [-0.4, -0.2) is 21.6 Å². The van der Waals surface area contributed by atoms with Gasteiger partial charge >= 0.3 is 0 Å². The lowest BCUT2D eigenvalue weighted by molar-refractivity contribution is 0.0975. The van der Waals surface area contributed by atoms with Crippen LogP contribution in [-0.2, 0) is 0 Å². The van der Waals surface area contributed by atoms with Gasteiger partial charge in [-0.25, -0.2) is 4.68 Å². The van der Waals surface area contributed by atoms with E-state index in [-0.39, 0.29) is 24.3 Å². The van der Waals surface area contributed by atoms with Gasteiger partial charge in [-0.15, -0.1) is 12.4 Å². The fraction of sp³-hybridized carbons (Fsp3) is 0.167. The van der Waals surface area contributed by atoms with Gasteiger partial charge < -0.3 is 5.73 Å². The van der Waals surface area contributed by atoms with Crippen molar-refractivity contribution in [1.29, 1.82) is 5.41 Å². The highest BCUT2D eigenvalue weighted by atomic mass is 35.5. The van der Waals surface area contributed by atoms with Gasteiger partial charge in [-0.2, -0.15) is 5.10 Å². The number of halogens is 1. The standard InChI is InChI=1S/C18H17N5O.ClH/c19-18(20)22-17(24)14-10-21-23(16(14)12-8-9-12)15-7-3-5-11-4-1-2-6-13(11)15;/h1-7,10,12H,8-9H2,(H4,19,20,22,24);1H. The lowest BCUT2D eigenvalue weighted by Crippen LogP contribution is -2.36. The molecule has 1 aromatic heterocycles. The SMILES string of the molecule is Cl.N=C(N)NC(=O)c1cnn(-c2cccc3ccccc23)c1C1CC1. The van der Waals surface area contributed by atoms with Crippen LogP contribution in [0.25, 0.3) is 16.5 Å². The number of hydrogen-bond acceptors (Lipinski definition) is 3. The highest BCUT2D eigenvalue weighted by molar-refractivity contribution is 6.05. The third kappa shape index (κ3) is 3.08. The summed E-state index contributed by atoms with van der Waals surface area (Å²) in [5.74, 6) is -0.422. The van der Waals surface area contributed by atoms with Gasteiger partial charge in [0.25, 0.3) is 5.91 Å². The van der Waals surface area contributed by atoms with Gasteiger partial charge in [-0.3, -0.25) is 15.5 Å². The molecule has 0 aliphatic heterocycles. The number of nitrogens with zero attached hydrogens (tertiary/aromatic N) is 2. The van der Waals surface area contributed by atoms with Crippen LogP contribution < -0.4 is 11.1 Å². The number of nitrogens with one attached hydrogen (secondary N) is 2. The molecule has 1 aliphatic rings. The molecule has 0 spiro atoms. The molecule has 25 heavy (non-hydrogen) atoms. The normalized spacial score (nSPS) is 13.3. The van der Waals surface area contributed by atoms with Gasteiger partial charge in [0.05, 0.1) is 23.1 Å². The van der Waals surface area contributed by atoms with E-state index < -0.39 is 0 Å². The second-order valence-electron chi connectivity index (χ2n) is 6.00. The first-order valence-electron chi connectivity index (χ1n) is 7.86. The van der Waals surface area contributed by atoms with E-state index in [0.717, 1.165) is 35.0 Å². The minimum atomic E-state index is -0.379. The number of benzene rings is 2. The minimum Gasteiger partial charge on any atom is -0.370 e. The van der Waals surface area contributed by atoms with Crippen molar-refractivity contribution >= 4 is 35.0 Å². The minimum absolute atomic E-state index is 0. The third-order valence-corrected chi connectivity index (χ3v) is 4.26. The molecule has 1 fully saturated rings. The summed E-state index contributed by atoms with van der Waals surface area (Å²) in [6.45, 7) is 0. The van der Waals surface area contributed by atoms with E-state index in [1.807, 2.05) is 28.9 Å². The first kappa shape index (κ1) is 17.0. The number of aromatic nitrogens is 2. The molecular formula is C18H18ClN5O. The number of amides is 1. The summed E-state index contributed by atoms with van der Waals surface area (Å²) in [5, 5.41) is 16.3. The Morgan fingerprint density at radius 3 is 2.64 bits per heavy atom. The van der Waals surface area contributed by atoms with E-state index in [0.29, 0.717) is 11.5 Å². The van der Waals surface area contributed by atoms with Crippen LogP contribution in [0.2, 0.25) is 0 Å². The molecular weight excluding hydrogens is 338 g/mol. The average Bonchev–Trinajstić information content (AvgIpc) is 3.32. The highest BCUT2D eigenvalue weighted by Crippen LogP contribution is 2.43. The summed E-state index contributed by atoms with van der Waals surface area (Å²) in [7, 11) is 0. The predicted molar refractivity (Wildman–Crippen MR) is 99.7 cm³/mol. The van der Waals surface area contributed by atoms with Crippen LogP contribution in [0.4, 0.5) is 0 Å². The number of guanidine groups is 1. The van der Waals surface area contributed by atoms with Gasteiger partial charge in [0.2, 0.25) is 0 Å². The number of carbonyl (C=O) groups is 1. The van der Waals surface area contributed by atoms with Crippen molar-refractivity contribution in [2.24, 2.45) is 5.73 Å². The summed E-state index contributed by atoms with van der Waals surface area (Å²) >= 11 is 0. The van der Waals surface area contributed by atoms with Crippen molar-refractivity contribution in [1.82, 2.24) is 15.1 Å². The zero-order chi connectivity index (χ0) is 16.7. The second-order valence-corrected chi connectivity index (χ2v) is 6.00. The van der Waals surface area contributed by atoms with Crippen molar-refractivity contribution in [3.8, 4) is 5.69 Å². The second kappa shape index (κ2) is 6.57. The fourth-order valence-corrected chi connectivity index (χ4v) is 3.06. The van der Waals surface area contributed by atoms with Gasteiger partial charge in [-0.05, 0) is 24.3 Å². The summed E-state index contributed by atoms with van der Waals surface area (Å²) in [6, 6.07) is 14.2. The maximum Gasteiger partial charge on any atom is 0.261 e. The van der Waals surface area contributed by atoms with Crippen LogP contribution in [0.5, 0.6) is 0 Å². The molecule has 1 amide bonds. The van der Waals surface area contributed by atoms with Gasteiger partial charge in [0.1, 0.15) is 0 Å². The summed E-state index contributed by atoms with van der Waals surface area (Å²) < 4.78 is 1.86. The van der Waals surface area contributed by atoms with Gasteiger partial charge in [-0.1, -0.05) is 36.4 Å². The molecule has 7 heteroatoms. The Labute approximate surface area is 150 Å². The Balaban J connectivity index is 0.00000182. The third-order valence-electron chi connectivity index (χ3n) is 4.26. The first-order valence-corrected chi connectivity index (χ1v) is 7.86. The quantitative estimate of drug-likeness (QED) is 0.497. The number of rotatable bonds is 3. The molecule has 0 radical (unpaired) electrons. The Morgan fingerprint density at radius 1 is 1.20 bits per heavy atom. The van der Waals surface area contributed by atoms with Crippen molar-refractivity contribution in [3.05, 3.63) is 59.9 Å². The molecule has 4 N–H and O–H groups in total. The molecule has 6 nitrogen and oxygen atoms in total. The van der Waals surface area contributed by atoms with Crippen LogP contribution in [0.15, 0.2) is 48.7 Å². The zero-order valence-electron chi connectivity index (χ0n) is 13.4. The lowest BCUT2D eigenvalue weighted by Gasteiger charge is -2.11. The molecule has 1 aliphatic carbocycles. The van der Waals surface area contributed by atoms with Crippen LogP contribution in [0, 0.1) is 5.41 Å². The summed E-state index contributed by atoms with van der Waals surface area (Å²) in [6.07, 6.45) is 3.64. The summed E-state index contributed by atoms with van der Waals surface area (Å²) in [4.78, 5) is 12.3. The lowest BCUT2D eigenvalue weighted by atomic mass is 10.1. The van der Waals surface area contributed by atoms with Gasteiger partial charge in [0, 0.05) is 11.3 Å². The Hall–Kier alpha value is -2.86. The average molecular weight is 356 g/mol. The van der Waals surface area contributed by atoms with E-state index in [2.05, 4.69) is 28.6 Å². The van der Waals surface area contributed by atoms with Gasteiger partial charge in [0.15, 0.2) is 5.96 Å². The molecule has 0 atom stereocenters. The fourth-order valence-electron chi connectivity index (χ4n) is 3.06. The molecule has 0 unspecified atom stereocenters. The molecule has 128 valence electrons. The highest BCUT2D eigenvalue weighted by Gasteiger charge is 2.33. The predicted octanol–water partition coefficient (Wildman–Crippen LogP) is 2.95. The maximum absolute atomic E-state index is 12.3. The van der Waals surface area contributed by atoms with E-state index in [9.17, 15) is 4.79 Å². The van der Waals surface area contributed by atoms with Crippen LogP contribution >= 0.6 is 12.4 Å². The molecule has 4 rings (SSSR count). The monoisotopic (exact) mass is 355 g/mol.